The Morgan fingerprint density at radius 3 is 2.92 bits per heavy atom. The molecule has 0 bridgehead atoms. The number of Topliss-reactive ketones (excluding diaryl/α,β-unsaturated/α-hetero) is 1. The molecule has 1 aliphatic heterocycles. The number of rotatable bonds is 1. The molecule has 0 fully saturated rings. The summed E-state index contributed by atoms with van der Waals surface area (Å²) in [5.41, 5.74) is 4.10. The van der Waals surface area contributed by atoms with E-state index < -0.39 is 0 Å². The second kappa shape index (κ2) is 5.56. The molecule has 0 saturated carbocycles. The minimum Gasteiger partial charge on any atom is -0.329 e. The van der Waals surface area contributed by atoms with Gasteiger partial charge in [-0.25, -0.2) is 4.98 Å². The van der Waals surface area contributed by atoms with Gasteiger partial charge < -0.3 is 9.88 Å². The van der Waals surface area contributed by atoms with E-state index in [9.17, 15) is 4.79 Å². The molecule has 0 spiro atoms. The summed E-state index contributed by atoms with van der Waals surface area (Å²) in [5.74, 6) is 0.912. The Hall–Kier alpha value is -2.40. The van der Waals surface area contributed by atoms with Crippen LogP contribution in [0.1, 0.15) is 24.4 Å². The van der Waals surface area contributed by atoms with Crippen LogP contribution in [-0.2, 0) is 4.79 Å². The summed E-state index contributed by atoms with van der Waals surface area (Å²) in [5, 5.41) is 3.41. The monoisotopic (exact) mass is 393 g/mol. The van der Waals surface area contributed by atoms with E-state index in [0.29, 0.717) is 12.2 Å². The van der Waals surface area contributed by atoms with Crippen molar-refractivity contribution in [3.8, 4) is 0 Å². The van der Waals surface area contributed by atoms with Crippen LogP contribution in [0, 0.1) is 5.92 Å². The number of imidazole rings is 1. The molecule has 1 aliphatic carbocycles. The molecule has 3 aromatic rings. The zero-order valence-corrected chi connectivity index (χ0v) is 15.0. The molecule has 2 atom stereocenters. The standard InChI is InChI=1S/C20H16BrN3O/c21-13-6-3-5-12(11-13)19-18-15(8-4-10-17(18)25)23-20-22-14-7-1-2-9-16(14)24(19)20/h1-3,5-9,11,18-19H,4,10H2,(H,22,23)/t18-,19-/m0/s1. The molecule has 2 heterocycles. The van der Waals surface area contributed by atoms with Crippen molar-refractivity contribution in [1.29, 1.82) is 0 Å². The fourth-order valence-electron chi connectivity index (χ4n) is 4.03. The van der Waals surface area contributed by atoms with Gasteiger partial charge in [0.05, 0.1) is 23.0 Å². The van der Waals surface area contributed by atoms with Crippen LogP contribution in [0.4, 0.5) is 5.95 Å². The van der Waals surface area contributed by atoms with Gasteiger partial charge >= 0.3 is 0 Å². The number of nitrogens with zero attached hydrogens (tertiary/aromatic N) is 2. The molecule has 1 aromatic heterocycles. The van der Waals surface area contributed by atoms with E-state index in [1.54, 1.807) is 0 Å². The third-order valence-electron chi connectivity index (χ3n) is 5.07. The van der Waals surface area contributed by atoms with Gasteiger partial charge in [-0.2, -0.15) is 0 Å². The highest BCUT2D eigenvalue weighted by molar-refractivity contribution is 9.10. The fourth-order valence-corrected chi connectivity index (χ4v) is 4.44. The van der Waals surface area contributed by atoms with E-state index in [1.807, 2.05) is 30.3 Å². The van der Waals surface area contributed by atoms with Gasteiger partial charge in [0.25, 0.3) is 0 Å². The first-order chi connectivity index (χ1) is 12.2. The number of fused-ring (bicyclic) bond motifs is 4. The van der Waals surface area contributed by atoms with Gasteiger partial charge in [0.1, 0.15) is 5.78 Å². The van der Waals surface area contributed by atoms with Crippen molar-refractivity contribution in [2.45, 2.75) is 18.9 Å². The number of anilines is 1. The highest BCUT2D eigenvalue weighted by atomic mass is 79.9. The molecule has 0 amide bonds. The number of hydrogen-bond acceptors (Lipinski definition) is 3. The first kappa shape index (κ1) is 14.9. The molecule has 124 valence electrons. The summed E-state index contributed by atoms with van der Waals surface area (Å²) < 4.78 is 3.20. The van der Waals surface area contributed by atoms with Crippen molar-refractivity contribution in [3.63, 3.8) is 0 Å². The zero-order valence-electron chi connectivity index (χ0n) is 13.4. The lowest BCUT2D eigenvalue weighted by Gasteiger charge is -2.37. The van der Waals surface area contributed by atoms with Crippen molar-refractivity contribution in [2.75, 3.05) is 5.32 Å². The van der Waals surface area contributed by atoms with Gasteiger partial charge in [-0.3, -0.25) is 4.79 Å². The van der Waals surface area contributed by atoms with E-state index in [1.165, 1.54) is 0 Å². The van der Waals surface area contributed by atoms with Crippen LogP contribution in [0.25, 0.3) is 11.0 Å². The number of allylic oxidation sites excluding steroid dienone is 2. The lowest BCUT2D eigenvalue weighted by molar-refractivity contribution is -0.123. The minimum atomic E-state index is -0.187. The van der Waals surface area contributed by atoms with E-state index in [4.69, 9.17) is 4.98 Å². The minimum absolute atomic E-state index is 0.0831. The van der Waals surface area contributed by atoms with Gasteiger partial charge in [-0.05, 0) is 36.2 Å². The molecule has 2 aromatic carbocycles. The molecule has 25 heavy (non-hydrogen) atoms. The summed E-state index contributed by atoms with van der Waals surface area (Å²) in [6.45, 7) is 0. The number of aromatic nitrogens is 2. The van der Waals surface area contributed by atoms with Crippen LogP contribution in [-0.4, -0.2) is 15.3 Å². The van der Waals surface area contributed by atoms with E-state index in [0.717, 1.165) is 39.1 Å². The van der Waals surface area contributed by atoms with Crippen LogP contribution < -0.4 is 5.32 Å². The Labute approximate surface area is 153 Å². The molecule has 5 heteroatoms. The maximum atomic E-state index is 12.8. The summed E-state index contributed by atoms with van der Waals surface area (Å²) in [4.78, 5) is 17.6. The summed E-state index contributed by atoms with van der Waals surface area (Å²) in [6, 6.07) is 16.2. The second-order valence-electron chi connectivity index (χ2n) is 6.56. The fraction of sp³-hybridized carbons (Fsp3) is 0.200. The Morgan fingerprint density at radius 1 is 1.16 bits per heavy atom. The zero-order chi connectivity index (χ0) is 17.0. The highest BCUT2D eigenvalue weighted by Crippen LogP contribution is 2.44. The predicted octanol–water partition coefficient (Wildman–Crippen LogP) is 4.68. The third kappa shape index (κ3) is 2.26. The van der Waals surface area contributed by atoms with Crippen molar-refractivity contribution in [2.24, 2.45) is 5.92 Å². The Balaban J connectivity index is 1.82. The number of para-hydroxylation sites is 2. The number of nitrogens with one attached hydrogen (secondary N) is 1. The van der Waals surface area contributed by atoms with Crippen molar-refractivity contribution >= 4 is 38.7 Å². The number of benzene rings is 2. The predicted molar refractivity (Wildman–Crippen MR) is 101 cm³/mol. The van der Waals surface area contributed by atoms with Gasteiger partial charge in [-0.1, -0.05) is 46.3 Å². The number of halogens is 1. The highest BCUT2D eigenvalue weighted by Gasteiger charge is 2.41. The number of carbonyl (C=O) groups excluding carboxylic acids is 1. The molecule has 1 N–H and O–H groups in total. The average molecular weight is 394 g/mol. The quantitative estimate of drug-likeness (QED) is 0.652. The molecule has 0 radical (unpaired) electrons. The largest absolute Gasteiger partial charge is 0.329 e. The van der Waals surface area contributed by atoms with Crippen molar-refractivity contribution in [3.05, 3.63) is 70.3 Å². The molecular weight excluding hydrogens is 378 g/mol. The molecular formula is C20H16BrN3O. The van der Waals surface area contributed by atoms with Crippen LogP contribution >= 0.6 is 15.9 Å². The van der Waals surface area contributed by atoms with Gasteiger partial charge in [0.2, 0.25) is 5.95 Å². The van der Waals surface area contributed by atoms with E-state index in [-0.39, 0.29) is 12.0 Å². The summed E-state index contributed by atoms with van der Waals surface area (Å²) in [6.07, 6.45) is 3.55. The maximum Gasteiger partial charge on any atom is 0.208 e. The van der Waals surface area contributed by atoms with Crippen LogP contribution in [0.15, 0.2) is 64.8 Å². The van der Waals surface area contributed by atoms with Gasteiger partial charge in [-0.15, -0.1) is 0 Å². The first-order valence-corrected chi connectivity index (χ1v) is 9.24. The van der Waals surface area contributed by atoms with Crippen LogP contribution in [0.5, 0.6) is 0 Å². The Morgan fingerprint density at radius 2 is 2.04 bits per heavy atom. The van der Waals surface area contributed by atoms with Crippen LogP contribution in [0.3, 0.4) is 0 Å². The van der Waals surface area contributed by atoms with Crippen molar-refractivity contribution < 1.29 is 4.79 Å². The average Bonchev–Trinajstić information content (AvgIpc) is 2.98. The van der Waals surface area contributed by atoms with Crippen molar-refractivity contribution in [1.82, 2.24) is 9.55 Å². The maximum absolute atomic E-state index is 12.8. The molecule has 0 saturated heterocycles. The summed E-state index contributed by atoms with van der Waals surface area (Å²) >= 11 is 3.57. The number of ketones is 1. The lowest BCUT2D eigenvalue weighted by Crippen LogP contribution is -2.38. The Bertz CT molecular complexity index is 1040. The third-order valence-corrected chi connectivity index (χ3v) is 5.57. The van der Waals surface area contributed by atoms with E-state index >= 15 is 0 Å². The van der Waals surface area contributed by atoms with E-state index in [2.05, 4.69) is 50.1 Å². The molecule has 5 rings (SSSR count). The molecule has 4 nitrogen and oxygen atoms in total. The second-order valence-corrected chi connectivity index (χ2v) is 7.48. The normalized spacial score (nSPS) is 22.1. The molecule has 0 unspecified atom stereocenters. The molecule has 2 aliphatic rings. The lowest BCUT2D eigenvalue weighted by atomic mass is 9.80. The Kier molecular flexibility index (Phi) is 3.31. The topological polar surface area (TPSA) is 46.9 Å². The SMILES string of the molecule is O=C1CCC=C2Nc3nc4ccccc4n3[C@@H](c3cccc(Br)c3)[C@H]12. The summed E-state index contributed by atoms with van der Waals surface area (Å²) in [7, 11) is 0. The van der Waals surface area contributed by atoms with Gasteiger partial charge in [0.15, 0.2) is 0 Å². The van der Waals surface area contributed by atoms with Gasteiger partial charge in [0, 0.05) is 16.6 Å². The number of carbonyl (C=O) groups is 1. The van der Waals surface area contributed by atoms with Crippen LogP contribution in [0.2, 0.25) is 0 Å². The smallest absolute Gasteiger partial charge is 0.208 e. The first-order valence-electron chi connectivity index (χ1n) is 8.44. The number of hydrogen-bond donors (Lipinski definition) is 1.